The largest absolute Gasteiger partial charge is 0.495 e. The molecular weight excluding hydrogens is 385 g/mol. The highest BCUT2D eigenvalue weighted by Gasteiger charge is 2.25. The number of nitrogens with two attached hydrogens (primary N) is 1. The molecule has 146 valence electrons. The number of ether oxygens (including phenoxy) is 1. The van der Waals surface area contributed by atoms with E-state index in [0.29, 0.717) is 36.2 Å². The van der Waals surface area contributed by atoms with Crippen LogP contribution in [-0.4, -0.2) is 31.6 Å². The molecule has 0 aliphatic carbocycles. The predicted molar refractivity (Wildman–Crippen MR) is 111 cm³/mol. The Morgan fingerprint density at radius 2 is 2.00 bits per heavy atom. The Morgan fingerprint density at radius 1 is 1.36 bits per heavy atom. The van der Waals surface area contributed by atoms with E-state index in [0.717, 1.165) is 12.1 Å². The third-order valence-electron chi connectivity index (χ3n) is 3.58. The second-order valence-corrected chi connectivity index (χ2v) is 6.87. The number of carbonyl (C=O) groups is 1. The van der Waals surface area contributed by atoms with E-state index in [4.69, 9.17) is 22.1 Å². The maximum Gasteiger partial charge on any atom is 0.222 e. The minimum Gasteiger partial charge on any atom is -0.495 e. The van der Waals surface area contributed by atoms with Gasteiger partial charge in [0.2, 0.25) is 5.91 Å². The van der Waals surface area contributed by atoms with E-state index in [-0.39, 0.29) is 36.3 Å². The average Bonchev–Trinajstić information content (AvgIpc) is 2.46. The normalized spacial score (nSPS) is 12.4. The van der Waals surface area contributed by atoms with Crippen LogP contribution in [0.15, 0.2) is 18.2 Å². The number of hydrogen-bond acceptors (Lipinski definition) is 4. The van der Waals surface area contributed by atoms with Gasteiger partial charge in [0.25, 0.3) is 0 Å². The first-order valence-electron chi connectivity index (χ1n) is 7.88. The average molecular weight is 415 g/mol. The molecule has 1 amide bonds. The molecule has 0 fully saturated rings. The summed E-state index contributed by atoms with van der Waals surface area (Å²) in [5.41, 5.74) is 6.23. The lowest BCUT2D eigenvalue weighted by atomic mass is 9.90. The summed E-state index contributed by atoms with van der Waals surface area (Å²) in [5, 5.41) is 6.83. The molecule has 1 aromatic rings. The van der Waals surface area contributed by atoms with Crippen molar-refractivity contribution in [3.8, 4) is 5.75 Å². The van der Waals surface area contributed by atoms with Gasteiger partial charge < -0.3 is 21.1 Å². The molecule has 5 nitrogen and oxygen atoms in total. The van der Waals surface area contributed by atoms with Gasteiger partial charge in [-0.3, -0.25) is 4.79 Å². The van der Waals surface area contributed by atoms with Crippen molar-refractivity contribution in [3.63, 3.8) is 0 Å². The van der Waals surface area contributed by atoms with Gasteiger partial charge in [0.15, 0.2) is 0 Å². The number of amides is 1. The van der Waals surface area contributed by atoms with Crippen LogP contribution in [0.5, 0.6) is 5.75 Å². The smallest absolute Gasteiger partial charge is 0.222 e. The van der Waals surface area contributed by atoms with E-state index in [1.54, 1.807) is 25.3 Å². The van der Waals surface area contributed by atoms with Crippen molar-refractivity contribution in [1.82, 2.24) is 5.32 Å². The van der Waals surface area contributed by atoms with Crippen molar-refractivity contribution in [1.29, 1.82) is 0 Å². The summed E-state index contributed by atoms with van der Waals surface area (Å²) in [6.45, 7) is 7.13. The molecule has 0 bridgehead atoms. The third-order valence-corrected chi connectivity index (χ3v) is 3.81. The molecule has 0 saturated heterocycles. The van der Waals surface area contributed by atoms with Gasteiger partial charge in [-0.05, 0) is 37.5 Å². The summed E-state index contributed by atoms with van der Waals surface area (Å²) in [4.78, 5) is 12.1. The Bertz CT molecular complexity index is 530. The van der Waals surface area contributed by atoms with Crippen molar-refractivity contribution < 1.29 is 9.53 Å². The molecule has 8 heteroatoms. The van der Waals surface area contributed by atoms with Crippen LogP contribution < -0.4 is 21.1 Å². The number of halogens is 3. The summed E-state index contributed by atoms with van der Waals surface area (Å²) in [7, 11) is 1.60. The molecule has 0 saturated carbocycles. The van der Waals surface area contributed by atoms with E-state index in [1.165, 1.54) is 0 Å². The molecule has 25 heavy (non-hydrogen) atoms. The van der Waals surface area contributed by atoms with Crippen molar-refractivity contribution in [2.75, 3.05) is 25.5 Å². The van der Waals surface area contributed by atoms with Gasteiger partial charge in [0.1, 0.15) is 5.75 Å². The summed E-state index contributed by atoms with van der Waals surface area (Å²) < 4.78 is 5.26. The Morgan fingerprint density at radius 3 is 2.52 bits per heavy atom. The minimum atomic E-state index is -0.362. The Kier molecular flexibility index (Phi) is 13.1. The number of nitrogens with one attached hydrogen (secondary N) is 2. The lowest BCUT2D eigenvalue weighted by molar-refractivity contribution is -0.122. The number of methoxy groups -OCH3 is 1. The zero-order valence-corrected chi connectivity index (χ0v) is 17.6. The summed E-state index contributed by atoms with van der Waals surface area (Å²) >= 11 is 5.98. The topological polar surface area (TPSA) is 76.4 Å². The Hall–Kier alpha value is -0.880. The zero-order valence-electron chi connectivity index (χ0n) is 15.2. The number of carbonyl (C=O) groups excluding carboxylic acids is 1. The van der Waals surface area contributed by atoms with Gasteiger partial charge in [-0.25, -0.2) is 0 Å². The standard InChI is InChI=1S/C17H28ClN3O2.2ClH/c1-12(2)10-17(3,11-19)21-16(22)7-8-20-14-9-13(18)5-6-15(14)23-4;;/h5-6,9,12,20H,7-8,10-11,19H2,1-4H3,(H,21,22);2*1H. The van der Waals surface area contributed by atoms with Gasteiger partial charge in [-0.15, -0.1) is 24.8 Å². The van der Waals surface area contributed by atoms with Crippen LogP contribution >= 0.6 is 36.4 Å². The molecule has 1 aromatic carbocycles. The molecule has 4 N–H and O–H groups in total. The van der Waals surface area contributed by atoms with Crippen LogP contribution in [0.2, 0.25) is 5.02 Å². The first-order valence-corrected chi connectivity index (χ1v) is 8.26. The maximum atomic E-state index is 12.1. The van der Waals surface area contributed by atoms with E-state index in [2.05, 4.69) is 24.5 Å². The first-order chi connectivity index (χ1) is 10.8. The zero-order chi connectivity index (χ0) is 17.5. The fraction of sp³-hybridized carbons (Fsp3) is 0.588. The first kappa shape index (κ1) is 26.4. The summed E-state index contributed by atoms with van der Waals surface area (Å²) in [6.07, 6.45) is 1.20. The Labute approximate surface area is 168 Å². The lowest BCUT2D eigenvalue weighted by Crippen LogP contribution is -2.52. The molecule has 0 spiro atoms. The highest BCUT2D eigenvalue weighted by molar-refractivity contribution is 6.30. The molecule has 0 aromatic heterocycles. The fourth-order valence-electron chi connectivity index (χ4n) is 2.61. The second kappa shape index (κ2) is 12.5. The van der Waals surface area contributed by atoms with E-state index < -0.39 is 0 Å². The van der Waals surface area contributed by atoms with Gasteiger partial charge in [-0.2, -0.15) is 0 Å². The molecule has 0 heterocycles. The Balaban J connectivity index is 0. The van der Waals surface area contributed by atoms with Gasteiger partial charge in [-0.1, -0.05) is 25.4 Å². The van der Waals surface area contributed by atoms with E-state index in [9.17, 15) is 4.79 Å². The van der Waals surface area contributed by atoms with Gasteiger partial charge in [0.05, 0.1) is 12.8 Å². The predicted octanol–water partition coefficient (Wildman–Crippen LogP) is 3.87. The number of rotatable bonds is 9. The monoisotopic (exact) mass is 413 g/mol. The third kappa shape index (κ3) is 9.40. The number of benzene rings is 1. The highest BCUT2D eigenvalue weighted by Crippen LogP contribution is 2.27. The van der Waals surface area contributed by atoms with Crippen LogP contribution in [0.3, 0.4) is 0 Å². The fourth-order valence-corrected chi connectivity index (χ4v) is 2.79. The van der Waals surface area contributed by atoms with Crippen molar-refractivity contribution in [2.45, 2.75) is 39.2 Å². The molecule has 0 aliphatic heterocycles. The molecule has 1 rings (SSSR count). The number of anilines is 1. The van der Waals surface area contributed by atoms with Crippen LogP contribution in [0.1, 0.15) is 33.6 Å². The second-order valence-electron chi connectivity index (χ2n) is 6.43. The van der Waals surface area contributed by atoms with E-state index >= 15 is 0 Å². The molecule has 1 unspecified atom stereocenters. The van der Waals surface area contributed by atoms with Crippen molar-refractivity contribution in [2.24, 2.45) is 11.7 Å². The SMILES string of the molecule is COc1ccc(Cl)cc1NCCC(=O)NC(C)(CN)CC(C)C.Cl.Cl. The molecule has 1 atom stereocenters. The quantitative estimate of drug-likeness (QED) is 0.573. The molecule has 0 radical (unpaired) electrons. The van der Waals surface area contributed by atoms with Crippen molar-refractivity contribution in [3.05, 3.63) is 23.2 Å². The van der Waals surface area contributed by atoms with Crippen LogP contribution in [0.4, 0.5) is 5.69 Å². The highest BCUT2D eigenvalue weighted by atomic mass is 35.5. The van der Waals surface area contributed by atoms with Crippen LogP contribution in [0, 0.1) is 5.92 Å². The van der Waals surface area contributed by atoms with Crippen LogP contribution in [-0.2, 0) is 4.79 Å². The van der Waals surface area contributed by atoms with Crippen molar-refractivity contribution >= 4 is 48.0 Å². The minimum absolute atomic E-state index is 0. The van der Waals surface area contributed by atoms with Crippen LogP contribution in [0.25, 0.3) is 0 Å². The molecular formula is C17H30Cl3N3O2. The molecule has 0 aliphatic rings. The summed E-state index contributed by atoms with van der Waals surface area (Å²) in [5.74, 6) is 1.14. The summed E-state index contributed by atoms with van der Waals surface area (Å²) in [6, 6.07) is 5.33. The van der Waals surface area contributed by atoms with Gasteiger partial charge >= 0.3 is 0 Å². The van der Waals surface area contributed by atoms with Gasteiger partial charge in [0, 0.05) is 30.1 Å². The maximum absolute atomic E-state index is 12.1. The van der Waals surface area contributed by atoms with E-state index in [1.807, 2.05) is 6.92 Å². The lowest BCUT2D eigenvalue weighted by Gasteiger charge is -2.31. The number of hydrogen-bond donors (Lipinski definition) is 3.